The van der Waals surface area contributed by atoms with Gasteiger partial charge in [-0.3, -0.25) is 0 Å². The van der Waals surface area contributed by atoms with E-state index in [0.717, 1.165) is 5.75 Å². The molecule has 1 unspecified atom stereocenters. The molecule has 0 bridgehead atoms. The van der Waals surface area contributed by atoms with Crippen LogP contribution in [0.5, 0.6) is 0 Å². The molecule has 1 fully saturated rings. The Balaban J connectivity index is 2.48. The van der Waals surface area contributed by atoms with E-state index in [1.54, 1.807) is 35.7 Å². The monoisotopic (exact) mass is 318 g/mol. The molecule has 1 saturated heterocycles. The number of nitrogens with two attached hydrogens (primary N) is 1. The maximum absolute atomic E-state index is 14.2. The molecule has 7 heteroatoms. The van der Waals surface area contributed by atoms with E-state index in [9.17, 15) is 12.8 Å². The molecular formula is C13H19FN2O2S2. The van der Waals surface area contributed by atoms with Gasteiger partial charge in [0.15, 0.2) is 9.84 Å². The Morgan fingerprint density at radius 3 is 2.90 bits per heavy atom. The van der Waals surface area contributed by atoms with Gasteiger partial charge in [-0.1, -0.05) is 19.1 Å². The Bertz CT molecular complexity index is 578. The normalized spacial score (nSPS) is 20.1. The van der Waals surface area contributed by atoms with Crippen LogP contribution in [0.3, 0.4) is 0 Å². The minimum absolute atomic E-state index is 0.0567. The van der Waals surface area contributed by atoms with Crippen LogP contribution >= 0.6 is 11.8 Å². The number of nitrogens with zero attached hydrogens (tertiary/aromatic N) is 1. The van der Waals surface area contributed by atoms with Crippen LogP contribution in [0.1, 0.15) is 12.5 Å². The van der Waals surface area contributed by atoms with E-state index < -0.39 is 21.0 Å². The fourth-order valence-electron chi connectivity index (χ4n) is 2.37. The van der Waals surface area contributed by atoms with Gasteiger partial charge in [0, 0.05) is 30.3 Å². The van der Waals surface area contributed by atoms with Gasteiger partial charge in [0.2, 0.25) is 0 Å². The van der Waals surface area contributed by atoms with E-state index in [1.165, 1.54) is 6.07 Å². The summed E-state index contributed by atoms with van der Waals surface area (Å²) in [6, 6.07) is 4.70. The van der Waals surface area contributed by atoms with Gasteiger partial charge in [0.05, 0.1) is 5.69 Å². The Morgan fingerprint density at radius 2 is 2.25 bits per heavy atom. The molecule has 1 atom stereocenters. The van der Waals surface area contributed by atoms with Gasteiger partial charge in [-0.15, -0.1) is 0 Å². The number of sulfone groups is 1. The van der Waals surface area contributed by atoms with Gasteiger partial charge < -0.3 is 10.6 Å². The predicted octanol–water partition coefficient (Wildman–Crippen LogP) is 1.60. The first-order chi connectivity index (χ1) is 9.51. The number of benzene rings is 1. The number of anilines is 1. The molecule has 2 rings (SSSR count). The fraction of sp³-hybridized carbons (Fsp3) is 0.538. The van der Waals surface area contributed by atoms with Crippen molar-refractivity contribution in [2.75, 3.05) is 28.7 Å². The molecule has 0 amide bonds. The summed E-state index contributed by atoms with van der Waals surface area (Å²) >= 11 is 1.59. The third-order valence-electron chi connectivity index (χ3n) is 3.48. The second kappa shape index (κ2) is 6.32. The summed E-state index contributed by atoms with van der Waals surface area (Å²) in [7, 11) is -3.26. The zero-order valence-electron chi connectivity index (χ0n) is 11.4. The highest BCUT2D eigenvalue weighted by atomic mass is 32.2. The third kappa shape index (κ3) is 2.94. The van der Waals surface area contributed by atoms with Crippen LogP contribution in [0.2, 0.25) is 0 Å². The van der Waals surface area contributed by atoms with E-state index in [2.05, 4.69) is 0 Å². The molecule has 1 heterocycles. The molecule has 1 aliphatic heterocycles. The van der Waals surface area contributed by atoms with E-state index in [-0.39, 0.29) is 12.3 Å². The van der Waals surface area contributed by atoms with Crippen LogP contribution in [0.4, 0.5) is 10.1 Å². The summed E-state index contributed by atoms with van der Waals surface area (Å²) in [6.07, 6.45) is 0. The number of hydrogen-bond acceptors (Lipinski definition) is 5. The zero-order valence-corrected chi connectivity index (χ0v) is 13.0. The van der Waals surface area contributed by atoms with Gasteiger partial charge in [-0.25, -0.2) is 12.8 Å². The number of halogens is 1. The highest BCUT2D eigenvalue weighted by molar-refractivity contribution is 8.01. The highest BCUT2D eigenvalue weighted by Gasteiger charge is 2.35. The summed E-state index contributed by atoms with van der Waals surface area (Å²) in [4.78, 5) is 1.67. The Labute approximate surface area is 123 Å². The number of hydrogen-bond donors (Lipinski definition) is 1. The summed E-state index contributed by atoms with van der Waals surface area (Å²) < 4.78 is 38.7. The topological polar surface area (TPSA) is 63.4 Å². The standard InChI is InChI=1S/C13H19FN2O2S2/c1-2-20(17,18)12-9-19-7-6-16(12)13-10(8-15)4-3-5-11(13)14/h3-5,12H,2,6-9,15H2,1H3. The van der Waals surface area contributed by atoms with Crippen LogP contribution in [0.25, 0.3) is 0 Å². The lowest BCUT2D eigenvalue weighted by Crippen LogP contribution is -2.48. The lowest BCUT2D eigenvalue weighted by atomic mass is 10.1. The summed E-state index contributed by atoms with van der Waals surface area (Å²) in [5.74, 6) is 0.903. The predicted molar refractivity (Wildman–Crippen MR) is 82.2 cm³/mol. The first kappa shape index (κ1) is 15.6. The number of para-hydroxylation sites is 1. The molecule has 1 aromatic rings. The SMILES string of the molecule is CCS(=O)(=O)C1CSCCN1c1c(F)cccc1CN. The lowest BCUT2D eigenvalue weighted by molar-refractivity contribution is 0.573. The number of rotatable bonds is 4. The summed E-state index contributed by atoms with van der Waals surface area (Å²) in [5.41, 5.74) is 6.66. The quantitative estimate of drug-likeness (QED) is 0.913. The van der Waals surface area contributed by atoms with E-state index in [0.29, 0.717) is 23.5 Å². The van der Waals surface area contributed by atoms with Crippen LogP contribution < -0.4 is 10.6 Å². The molecule has 0 aliphatic carbocycles. The van der Waals surface area contributed by atoms with Crippen LogP contribution in [0.15, 0.2) is 18.2 Å². The second-order valence-electron chi connectivity index (χ2n) is 4.63. The number of thioether (sulfide) groups is 1. The van der Waals surface area contributed by atoms with Crippen molar-refractivity contribution in [1.82, 2.24) is 0 Å². The summed E-state index contributed by atoms with van der Waals surface area (Å²) in [5, 5.41) is -0.673. The van der Waals surface area contributed by atoms with Gasteiger partial charge in [0.1, 0.15) is 11.2 Å². The molecule has 0 aromatic heterocycles. The molecule has 1 aliphatic rings. The van der Waals surface area contributed by atoms with Gasteiger partial charge >= 0.3 is 0 Å². The molecular weight excluding hydrogens is 299 g/mol. The van der Waals surface area contributed by atoms with E-state index in [4.69, 9.17) is 5.73 Å². The first-order valence-corrected chi connectivity index (χ1v) is 9.41. The lowest BCUT2D eigenvalue weighted by Gasteiger charge is -2.37. The van der Waals surface area contributed by atoms with Crippen molar-refractivity contribution in [2.45, 2.75) is 18.8 Å². The molecule has 20 heavy (non-hydrogen) atoms. The third-order valence-corrected chi connectivity index (χ3v) is 6.77. The molecule has 0 spiro atoms. The molecule has 112 valence electrons. The van der Waals surface area contributed by atoms with Crippen LogP contribution in [-0.4, -0.2) is 37.6 Å². The molecule has 4 nitrogen and oxygen atoms in total. The Hall–Kier alpha value is -0.790. The maximum Gasteiger partial charge on any atom is 0.171 e. The summed E-state index contributed by atoms with van der Waals surface area (Å²) in [6.45, 7) is 2.33. The van der Waals surface area contributed by atoms with Gasteiger partial charge in [-0.05, 0) is 11.6 Å². The van der Waals surface area contributed by atoms with Gasteiger partial charge in [-0.2, -0.15) is 11.8 Å². The van der Waals surface area contributed by atoms with Gasteiger partial charge in [0.25, 0.3) is 0 Å². The van der Waals surface area contributed by atoms with Crippen molar-refractivity contribution in [3.8, 4) is 0 Å². The second-order valence-corrected chi connectivity index (χ2v) is 8.22. The largest absolute Gasteiger partial charge is 0.351 e. The first-order valence-electron chi connectivity index (χ1n) is 6.54. The highest BCUT2D eigenvalue weighted by Crippen LogP contribution is 2.32. The zero-order chi connectivity index (χ0) is 14.8. The van der Waals surface area contributed by atoms with Crippen molar-refractivity contribution in [3.63, 3.8) is 0 Å². The smallest absolute Gasteiger partial charge is 0.171 e. The van der Waals surface area contributed by atoms with Crippen molar-refractivity contribution in [2.24, 2.45) is 5.73 Å². The molecule has 1 aromatic carbocycles. The van der Waals surface area contributed by atoms with Crippen molar-refractivity contribution in [1.29, 1.82) is 0 Å². The molecule has 0 radical (unpaired) electrons. The fourth-order valence-corrected chi connectivity index (χ4v) is 5.35. The average molecular weight is 318 g/mol. The van der Waals surface area contributed by atoms with Crippen LogP contribution in [-0.2, 0) is 16.4 Å². The molecule has 0 saturated carbocycles. The maximum atomic E-state index is 14.2. The molecule has 2 N–H and O–H groups in total. The minimum atomic E-state index is -3.26. The van der Waals surface area contributed by atoms with Crippen LogP contribution in [0, 0.1) is 5.82 Å². The van der Waals surface area contributed by atoms with Crippen molar-refractivity contribution in [3.05, 3.63) is 29.6 Å². The Morgan fingerprint density at radius 1 is 1.50 bits per heavy atom. The van der Waals surface area contributed by atoms with Crippen molar-refractivity contribution < 1.29 is 12.8 Å². The average Bonchev–Trinajstić information content (AvgIpc) is 2.47. The Kier molecular flexibility index (Phi) is 4.93. The minimum Gasteiger partial charge on any atom is -0.351 e. The van der Waals surface area contributed by atoms with E-state index >= 15 is 0 Å². The van der Waals surface area contributed by atoms with E-state index in [1.807, 2.05) is 0 Å². The van der Waals surface area contributed by atoms with Crippen molar-refractivity contribution >= 4 is 27.3 Å².